The highest BCUT2D eigenvalue weighted by atomic mass is 32.3. The standard InChI is InChI=1S/C7H8O11S3/c8-4-2-1-3-5(9)6(4)18-21(16,17)7(19(10,11)12)20(13,14)15/h1-3,7-9H,(H,10,11,12)(H,13,14,15). The number of phenols is 2. The van der Waals surface area contributed by atoms with Gasteiger partial charge in [0.25, 0.3) is 0 Å². The van der Waals surface area contributed by atoms with Gasteiger partial charge >= 0.3 is 34.3 Å². The van der Waals surface area contributed by atoms with Crippen LogP contribution in [0.4, 0.5) is 0 Å². The molecule has 0 saturated heterocycles. The molecular formula is C7H8O11S3. The Bertz CT molecular complexity index is 797. The molecule has 21 heavy (non-hydrogen) atoms. The van der Waals surface area contributed by atoms with Crippen LogP contribution in [0.1, 0.15) is 0 Å². The molecule has 11 nitrogen and oxygen atoms in total. The third kappa shape index (κ3) is 3.94. The summed E-state index contributed by atoms with van der Waals surface area (Å²) in [6, 6.07) is 2.73. The first-order chi connectivity index (χ1) is 9.27. The molecule has 1 rings (SSSR count). The number of hydrogen-bond donors (Lipinski definition) is 4. The molecule has 0 unspecified atom stereocenters. The van der Waals surface area contributed by atoms with Crippen LogP contribution in [0.3, 0.4) is 0 Å². The Labute approximate surface area is 119 Å². The van der Waals surface area contributed by atoms with Crippen molar-refractivity contribution in [2.75, 3.05) is 0 Å². The summed E-state index contributed by atoms with van der Waals surface area (Å²) in [5.41, 5.74) is 0. The minimum Gasteiger partial charge on any atom is -0.504 e. The van der Waals surface area contributed by atoms with Crippen molar-refractivity contribution in [2.45, 2.75) is 3.91 Å². The summed E-state index contributed by atoms with van der Waals surface area (Å²) >= 11 is 0. The quantitative estimate of drug-likeness (QED) is 0.364. The molecule has 14 heteroatoms. The van der Waals surface area contributed by atoms with Crippen LogP contribution in [0.15, 0.2) is 18.2 Å². The van der Waals surface area contributed by atoms with Gasteiger partial charge in [-0.1, -0.05) is 6.07 Å². The normalized spacial score (nSPS) is 13.3. The molecule has 0 spiro atoms. The molecule has 0 radical (unpaired) electrons. The van der Waals surface area contributed by atoms with Crippen molar-refractivity contribution in [2.24, 2.45) is 0 Å². The smallest absolute Gasteiger partial charge is 0.347 e. The van der Waals surface area contributed by atoms with E-state index in [4.69, 9.17) is 9.11 Å². The summed E-state index contributed by atoms with van der Waals surface area (Å²) < 4.78 is 83.9. The van der Waals surface area contributed by atoms with Crippen molar-refractivity contribution < 1.29 is 48.8 Å². The van der Waals surface area contributed by atoms with Crippen LogP contribution in [0.25, 0.3) is 0 Å². The molecule has 0 saturated carbocycles. The first-order valence-electron chi connectivity index (χ1n) is 4.63. The Hall–Kier alpha value is -1.61. The van der Waals surface area contributed by atoms with E-state index in [1.54, 1.807) is 0 Å². The van der Waals surface area contributed by atoms with Crippen LogP contribution < -0.4 is 4.18 Å². The maximum atomic E-state index is 11.6. The van der Waals surface area contributed by atoms with Crippen molar-refractivity contribution in [1.29, 1.82) is 0 Å². The van der Waals surface area contributed by atoms with Gasteiger partial charge in [-0.25, -0.2) is 0 Å². The zero-order chi connectivity index (χ0) is 16.6. The SMILES string of the molecule is O=S(=O)(O)C(S(=O)(=O)O)S(=O)(=O)Oc1c(O)cccc1O. The van der Waals surface area contributed by atoms with Crippen LogP contribution >= 0.6 is 0 Å². The van der Waals surface area contributed by atoms with Gasteiger partial charge in [-0.15, -0.1) is 0 Å². The van der Waals surface area contributed by atoms with Gasteiger partial charge in [-0.05, 0) is 12.1 Å². The molecule has 1 aromatic carbocycles. The van der Waals surface area contributed by atoms with Crippen molar-refractivity contribution in [1.82, 2.24) is 0 Å². The van der Waals surface area contributed by atoms with E-state index in [9.17, 15) is 35.5 Å². The van der Waals surface area contributed by atoms with E-state index in [1.807, 2.05) is 0 Å². The Morgan fingerprint density at radius 1 is 0.857 bits per heavy atom. The fourth-order valence-electron chi connectivity index (χ4n) is 1.21. The van der Waals surface area contributed by atoms with Gasteiger partial charge in [0.2, 0.25) is 5.75 Å². The van der Waals surface area contributed by atoms with E-state index in [0.29, 0.717) is 0 Å². The zero-order valence-corrected chi connectivity index (χ0v) is 12.1. The van der Waals surface area contributed by atoms with Crippen LogP contribution in [0.2, 0.25) is 0 Å². The summed E-state index contributed by atoms with van der Waals surface area (Å²) in [5, 5.41) is 18.5. The summed E-state index contributed by atoms with van der Waals surface area (Å²) in [6.45, 7) is 0. The monoisotopic (exact) mass is 364 g/mol. The van der Waals surface area contributed by atoms with E-state index in [2.05, 4.69) is 4.18 Å². The summed E-state index contributed by atoms with van der Waals surface area (Å²) in [6.07, 6.45) is 0. The second-order valence-electron chi connectivity index (χ2n) is 3.52. The molecule has 0 amide bonds. The Balaban J connectivity index is 3.47. The Morgan fingerprint density at radius 2 is 1.24 bits per heavy atom. The second kappa shape index (κ2) is 5.30. The van der Waals surface area contributed by atoms with Crippen molar-refractivity contribution in [3.8, 4) is 17.2 Å². The lowest BCUT2D eigenvalue weighted by Gasteiger charge is -2.14. The maximum absolute atomic E-state index is 11.6. The first-order valence-corrected chi connectivity index (χ1v) is 9.11. The molecule has 0 atom stereocenters. The Kier molecular flexibility index (Phi) is 4.40. The lowest BCUT2D eigenvalue weighted by atomic mass is 10.3. The summed E-state index contributed by atoms with van der Waals surface area (Å²) in [7, 11) is -17.4. The van der Waals surface area contributed by atoms with Gasteiger partial charge in [0.05, 0.1) is 0 Å². The van der Waals surface area contributed by atoms with Crippen LogP contribution in [0.5, 0.6) is 17.2 Å². The van der Waals surface area contributed by atoms with Crippen LogP contribution in [-0.4, -0.2) is 48.5 Å². The third-order valence-corrected chi connectivity index (χ3v) is 8.07. The first kappa shape index (κ1) is 17.4. The number of para-hydroxylation sites is 1. The molecule has 120 valence electrons. The zero-order valence-electron chi connectivity index (χ0n) is 9.68. The predicted molar refractivity (Wildman–Crippen MR) is 66.2 cm³/mol. The van der Waals surface area contributed by atoms with Crippen molar-refractivity contribution in [3.63, 3.8) is 0 Å². The van der Waals surface area contributed by atoms with Crippen LogP contribution in [-0.2, 0) is 30.4 Å². The average molecular weight is 364 g/mol. The molecule has 1 aromatic rings. The molecule has 0 fully saturated rings. The van der Waals surface area contributed by atoms with E-state index in [1.165, 1.54) is 0 Å². The van der Waals surface area contributed by atoms with E-state index >= 15 is 0 Å². The van der Waals surface area contributed by atoms with Gasteiger partial charge in [-0.3, -0.25) is 9.11 Å². The topological polar surface area (TPSA) is 193 Å². The predicted octanol–water partition coefficient (Wildman–Crippen LogP) is -1.13. The number of benzene rings is 1. The van der Waals surface area contributed by atoms with Gasteiger partial charge in [0.15, 0.2) is 11.5 Å². The fourth-order valence-corrected chi connectivity index (χ4v) is 5.53. The Morgan fingerprint density at radius 3 is 1.57 bits per heavy atom. The number of rotatable bonds is 5. The lowest BCUT2D eigenvalue weighted by molar-refractivity contribution is 0.393. The van der Waals surface area contributed by atoms with Crippen molar-refractivity contribution in [3.05, 3.63) is 18.2 Å². The number of aromatic hydroxyl groups is 2. The molecule has 0 aliphatic carbocycles. The molecule has 0 aliphatic rings. The number of hydrogen-bond acceptors (Lipinski definition) is 9. The highest BCUT2D eigenvalue weighted by Crippen LogP contribution is 2.37. The molecule has 0 heterocycles. The maximum Gasteiger partial charge on any atom is 0.347 e. The largest absolute Gasteiger partial charge is 0.504 e. The summed E-state index contributed by atoms with van der Waals surface area (Å²) in [5.74, 6) is -3.12. The molecule has 0 aliphatic heterocycles. The van der Waals surface area contributed by atoms with Gasteiger partial charge in [-0.2, -0.15) is 25.3 Å². The minimum absolute atomic E-state index is 0.834. The highest BCUT2D eigenvalue weighted by Gasteiger charge is 2.50. The average Bonchev–Trinajstić information content (AvgIpc) is 2.18. The highest BCUT2D eigenvalue weighted by molar-refractivity contribution is 8.19. The van der Waals surface area contributed by atoms with Gasteiger partial charge in [0, 0.05) is 0 Å². The van der Waals surface area contributed by atoms with E-state index in [-0.39, 0.29) is 0 Å². The minimum atomic E-state index is -5.84. The molecule has 4 N–H and O–H groups in total. The summed E-state index contributed by atoms with van der Waals surface area (Å²) in [4.78, 5) is 0. The molecule has 0 bridgehead atoms. The third-order valence-electron chi connectivity index (χ3n) is 1.90. The van der Waals surface area contributed by atoms with E-state index < -0.39 is 51.5 Å². The fraction of sp³-hybridized carbons (Fsp3) is 0.143. The molecule has 0 aromatic heterocycles. The van der Waals surface area contributed by atoms with Gasteiger partial charge < -0.3 is 14.4 Å². The van der Waals surface area contributed by atoms with Crippen molar-refractivity contribution >= 4 is 30.4 Å². The number of phenolic OH excluding ortho intramolecular Hbond substituents is 2. The molecular weight excluding hydrogens is 356 g/mol. The van der Waals surface area contributed by atoms with Crippen LogP contribution in [0, 0.1) is 0 Å². The lowest BCUT2D eigenvalue weighted by Crippen LogP contribution is -2.39. The second-order valence-corrected chi connectivity index (χ2v) is 9.04. The van der Waals surface area contributed by atoms with Gasteiger partial charge in [0.1, 0.15) is 0 Å². The van der Waals surface area contributed by atoms with E-state index in [0.717, 1.165) is 18.2 Å².